The molecule has 1 aliphatic rings. The van der Waals surface area contributed by atoms with Crippen molar-refractivity contribution in [2.24, 2.45) is 0 Å². The number of benzene rings is 2. The van der Waals surface area contributed by atoms with Gasteiger partial charge in [-0.3, -0.25) is 9.88 Å². The van der Waals surface area contributed by atoms with Crippen LogP contribution in [0, 0.1) is 0 Å². The third-order valence-corrected chi connectivity index (χ3v) is 6.62. The molecule has 0 fully saturated rings. The molecule has 0 N–H and O–H groups in total. The van der Waals surface area contributed by atoms with Crippen LogP contribution in [0.3, 0.4) is 0 Å². The molecule has 3 heterocycles. The van der Waals surface area contributed by atoms with Crippen LogP contribution in [0.15, 0.2) is 85.2 Å². The maximum Gasteiger partial charge on any atom is 0.213 e. The highest BCUT2D eigenvalue weighted by Gasteiger charge is 2.27. The molecule has 0 saturated heterocycles. The third kappa shape index (κ3) is 7.28. The Morgan fingerprint density at radius 2 is 1.75 bits per heavy atom. The summed E-state index contributed by atoms with van der Waals surface area (Å²) in [6, 6.07) is 24.0. The molecule has 0 aliphatic carbocycles. The Labute approximate surface area is 236 Å². The maximum absolute atomic E-state index is 6.59. The van der Waals surface area contributed by atoms with E-state index in [0.717, 1.165) is 48.0 Å². The number of ether oxygens (including phenoxy) is 4. The molecule has 40 heavy (non-hydrogen) atoms. The van der Waals surface area contributed by atoms with Crippen LogP contribution in [0.5, 0.6) is 23.1 Å². The molecule has 8 heteroatoms. The summed E-state index contributed by atoms with van der Waals surface area (Å²) in [4.78, 5) is 13.4. The number of para-hydroxylation sites is 1. The van der Waals surface area contributed by atoms with Gasteiger partial charge in [0.2, 0.25) is 5.88 Å². The van der Waals surface area contributed by atoms with Crippen molar-refractivity contribution >= 4 is 0 Å². The van der Waals surface area contributed by atoms with E-state index < -0.39 is 0 Å². The van der Waals surface area contributed by atoms with E-state index in [1.807, 2.05) is 74.9 Å². The van der Waals surface area contributed by atoms with Crippen molar-refractivity contribution in [3.8, 4) is 34.4 Å². The van der Waals surface area contributed by atoms with E-state index in [0.29, 0.717) is 31.4 Å². The summed E-state index contributed by atoms with van der Waals surface area (Å²) in [6.07, 6.45) is 3.55. The average Bonchev–Trinajstić information content (AvgIpc) is 2.98. The fraction of sp³-hybridized carbons (Fsp3) is 0.312. The molecular weight excluding hydrogens is 504 g/mol. The van der Waals surface area contributed by atoms with Crippen molar-refractivity contribution in [1.82, 2.24) is 19.8 Å². The van der Waals surface area contributed by atoms with E-state index in [1.165, 1.54) is 5.56 Å². The number of hydrogen-bond donors (Lipinski definition) is 0. The lowest BCUT2D eigenvalue weighted by atomic mass is 10.1. The van der Waals surface area contributed by atoms with Crippen LogP contribution in [0.2, 0.25) is 0 Å². The van der Waals surface area contributed by atoms with Crippen LogP contribution < -0.4 is 18.9 Å². The Balaban J connectivity index is 1.31. The highest BCUT2D eigenvalue weighted by Crippen LogP contribution is 2.40. The average molecular weight is 541 g/mol. The summed E-state index contributed by atoms with van der Waals surface area (Å²) in [5.74, 6) is 2.87. The highest BCUT2D eigenvalue weighted by atomic mass is 16.6. The van der Waals surface area contributed by atoms with Crippen LogP contribution in [0.25, 0.3) is 11.3 Å². The fourth-order valence-corrected chi connectivity index (χ4v) is 4.62. The van der Waals surface area contributed by atoms with Crippen molar-refractivity contribution in [3.05, 3.63) is 96.3 Å². The maximum atomic E-state index is 6.59. The van der Waals surface area contributed by atoms with E-state index >= 15 is 0 Å². The van der Waals surface area contributed by atoms with Crippen LogP contribution in [0.1, 0.15) is 11.1 Å². The van der Waals surface area contributed by atoms with Gasteiger partial charge in [-0.05, 0) is 61.6 Å². The number of aromatic nitrogens is 2. The van der Waals surface area contributed by atoms with E-state index in [2.05, 4.69) is 38.0 Å². The molecule has 5 rings (SSSR count). The van der Waals surface area contributed by atoms with Gasteiger partial charge >= 0.3 is 0 Å². The zero-order valence-electron chi connectivity index (χ0n) is 23.3. The summed E-state index contributed by atoms with van der Waals surface area (Å²) >= 11 is 0. The first-order chi connectivity index (χ1) is 19.6. The standard InChI is InChI=1S/C32H36N4O4/c1-35(2)17-18-38-26-14-12-24(13-15-26)20-36(21-25-7-6-16-33-19-25)22-27-23-39-30-10-4-8-28(32(30)40-27)29-9-5-11-31(34-29)37-3/h4-16,19,27H,17-18,20-23H2,1-3H3. The van der Waals surface area contributed by atoms with Crippen LogP contribution in [-0.2, 0) is 13.1 Å². The largest absolute Gasteiger partial charge is 0.492 e. The minimum Gasteiger partial charge on any atom is -0.492 e. The molecule has 2 aromatic heterocycles. The fourth-order valence-electron chi connectivity index (χ4n) is 4.62. The Hall–Kier alpha value is -4.14. The van der Waals surface area contributed by atoms with E-state index in [-0.39, 0.29) is 6.10 Å². The molecule has 0 radical (unpaired) electrons. The number of pyridine rings is 2. The second-order valence-corrected chi connectivity index (χ2v) is 10.1. The zero-order chi connectivity index (χ0) is 27.7. The van der Waals surface area contributed by atoms with Gasteiger partial charge in [0.15, 0.2) is 11.5 Å². The number of methoxy groups -OCH3 is 1. The Morgan fingerprint density at radius 3 is 2.52 bits per heavy atom. The summed E-state index contributed by atoms with van der Waals surface area (Å²) in [5.41, 5.74) is 4.00. The van der Waals surface area contributed by atoms with Crippen LogP contribution in [0.4, 0.5) is 0 Å². The molecule has 208 valence electrons. The monoisotopic (exact) mass is 540 g/mol. The van der Waals surface area contributed by atoms with Crippen molar-refractivity contribution in [2.45, 2.75) is 19.2 Å². The second-order valence-electron chi connectivity index (χ2n) is 10.1. The predicted octanol–water partition coefficient (Wildman–Crippen LogP) is 4.93. The van der Waals surface area contributed by atoms with Gasteiger partial charge < -0.3 is 23.8 Å². The lowest BCUT2D eigenvalue weighted by molar-refractivity contribution is 0.0546. The highest BCUT2D eigenvalue weighted by molar-refractivity contribution is 5.71. The zero-order valence-corrected chi connectivity index (χ0v) is 23.3. The predicted molar refractivity (Wildman–Crippen MR) is 155 cm³/mol. The SMILES string of the molecule is COc1cccc(-c2cccc3c2OC(CN(Cc2ccc(OCCN(C)C)cc2)Cc2cccnc2)CO3)n1. The molecule has 2 aromatic carbocycles. The number of fused-ring (bicyclic) bond motifs is 1. The van der Waals surface area contributed by atoms with Gasteiger partial charge in [-0.25, -0.2) is 4.98 Å². The molecule has 8 nitrogen and oxygen atoms in total. The quantitative estimate of drug-likeness (QED) is 0.251. The third-order valence-electron chi connectivity index (χ3n) is 6.62. The molecular formula is C32H36N4O4. The molecule has 0 bridgehead atoms. The summed E-state index contributed by atoms with van der Waals surface area (Å²) in [5, 5.41) is 0. The number of hydrogen-bond acceptors (Lipinski definition) is 8. The molecule has 1 aliphatic heterocycles. The van der Waals surface area contributed by atoms with E-state index in [1.54, 1.807) is 13.3 Å². The molecule has 0 saturated carbocycles. The molecule has 0 spiro atoms. The van der Waals surface area contributed by atoms with Gasteiger partial charge in [0.05, 0.1) is 12.8 Å². The van der Waals surface area contributed by atoms with Gasteiger partial charge in [-0.15, -0.1) is 0 Å². The Morgan fingerprint density at radius 1 is 0.925 bits per heavy atom. The first kappa shape index (κ1) is 27.4. The first-order valence-electron chi connectivity index (χ1n) is 13.5. The minimum atomic E-state index is -0.162. The van der Waals surface area contributed by atoms with Crippen LogP contribution >= 0.6 is 0 Å². The Kier molecular flexibility index (Phi) is 9.11. The number of nitrogens with zero attached hydrogens (tertiary/aromatic N) is 4. The smallest absolute Gasteiger partial charge is 0.213 e. The lowest BCUT2D eigenvalue weighted by Gasteiger charge is -2.32. The van der Waals surface area contributed by atoms with Crippen LogP contribution in [-0.4, -0.2) is 73.4 Å². The molecule has 1 atom stereocenters. The summed E-state index contributed by atoms with van der Waals surface area (Å²) in [6.45, 7) is 4.16. The van der Waals surface area contributed by atoms with Crippen molar-refractivity contribution in [2.75, 3.05) is 47.5 Å². The topological polar surface area (TPSA) is 69.2 Å². The minimum absolute atomic E-state index is 0.162. The molecule has 4 aromatic rings. The van der Waals surface area contributed by atoms with Gasteiger partial charge in [0.1, 0.15) is 25.1 Å². The summed E-state index contributed by atoms with van der Waals surface area (Å²) < 4.78 is 24.0. The Bertz CT molecular complexity index is 1370. The van der Waals surface area contributed by atoms with Gasteiger partial charge in [-0.1, -0.05) is 30.3 Å². The normalized spacial score (nSPS) is 14.4. The second kappa shape index (κ2) is 13.3. The van der Waals surface area contributed by atoms with Crippen molar-refractivity contribution < 1.29 is 18.9 Å². The number of rotatable bonds is 12. The van der Waals surface area contributed by atoms with Crippen molar-refractivity contribution in [3.63, 3.8) is 0 Å². The lowest BCUT2D eigenvalue weighted by Crippen LogP contribution is -2.40. The van der Waals surface area contributed by atoms with Gasteiger partial charge in [-0.2, -0.15) is 0 Å². The van der Waals surface area contributed by atoms with Gasteiger partial charge in [0.25, 0.3) is 0 Å². The number of likely N-dealkylation sites (N-methyl/N-ethyl adjacent to an activating group) is 1. The molecule has 1 unspecified atom stereocenters. The van der Waals surface area contributed by atoms with Crippen molar-refractivity contribution in [1.29, 1.82) is 0 Å². The van der Waals surface area contributed by atoms with E-state index in [4.69, 9.17) is 18.9 Å². The van der Waals surface area contributed by atoms with Gasteiger partial charge in [0, 0.05) is 50.2 Å². The summed E-state index contributed by atoms with van der Waals surface area (Å²) in [7, 11) is 5.70. The molecule has 0 amide bonds. The first-order valence-corrected chi connectivity index (χ1v) is 13.5. The van der Waals surface area contributed by atoms with E-state index in [9.17, 15) is 0 Å².